The van der Waals surface area contributed by atoms with Crippen LogP contribution in [0.15, 0.2) is 60.8 Å². The summed E-state index contributed by atoms with van der Waals surface area (Å²) >= 11 is 0. The maximum absolute atomic E-state index is 13.0. The zero-order valence-electron chi connectivity index (χ0n) is 33.6. The molecule has 10 heteroatoms. The first-order valence-electron chi connectivity index (χ1n) is 21.1. The Labute approximate surface area is 327 Å². The van der Waals surface area contributed by atoms with E-state index in [9.17, 15) is 35.4 Å². The molecule has 8 unspecified atom stereocenters. The van der Waals surface area contributed by atoms with Gasteiger partial charge in [0.05, 0.1) is 25.4 Å². The molecule has 1 heterocycles. The Morgan fingerprint density at radius 1 is 0.648 bits per heavy atom. The number of carbonyl (C=O) groups is 1. The zero-order chi connectivity index (χ0) is 39.7. The average Bonchev–Trinajstić information content (AvgIpc) is 3.17. The summed E-state index contributed by atoms with van der Waals surface area (Å²) in [6.07, 6.45) is 33.0. The number of unbranched alkanes of at least 4 members (excludes halogenated alkanes) is 15. The molecule has 1 amide bonds. The highest BCUT2D eigenvalue weighted by molar-refractivity contribution is 5.80. The first-order chi connectivity index (χ1) is 26.3. The highest BCUT2D eigenvalue weighted by atomic mass is 16.7. The summed E-state index contributed by atoms with van der Waals surface area (Å²) in [5.41, 5.74) is 0. The third-order valence-electron chi connectivity index (χ3n) is 9.68. The molecule has 8 atom stereocenters. The first kappa shape index (κ1) is 49.9. The van der Waals surface area contributed by atoms with Gasteiger partial charge in [-0.15, -0.1) is 0 Å². The van der Waals surface area contributed by atoms with Crippen molar-refractivity contribution in [2.45, 2.75) is 198 Å². The van der Waals surface area contributed by atoms with E-state index < -0.39 is 61.5 Å². The predicted octanol–water partition coefficient (Wildman–Crippen LogP) is 7.02. The molecule has 1 aliphatic rings. The molecule has 1 saturated heterocycles. The third kappa shape index (κ3) is 24.4. The van der Waals surface area contributed by atoms with E-state index in [0.29, 0.717) is 12.8 Å². The average molecular weight is 764 g/mol. The summed E-state index contributed by atoms with van der Waals surface area (Å²) in [4.78, 5) is 13.0. The zero-order valence-corrected chi connectivity index (χ0v) is 33.6. The van der Waals surface area contributed by atoms with Gasteiger partial charge in [-0.3, -0.25) is 4.79 Å². The first-order valence-corrected chi connectivity index (χ1v) is 21.1. The molecule has 0 spiro atoms. The molecule has 10 nitrogen and oxygen atoms in total. The maximum atomic E-state index is 13.0. The Balaban J connectivity index is 2.54. The molecule has 54 heavy (non-hydrogen) atoms. The van der Waals surface area contributed by atoms with Crippen LogP contribution in [-0.2, 0) is 14.3 Å². The van der Waals surface area contributed by atoms with Gasteiger partial charge in [-0.05, 0) is 70.6 Å². The van der Waals surface area contributed by atoms with Gasteiger partial charge in [0, 0.05) is 0 Å². The van der Waals surface area contributed by atoms with Crippen LogP contribution >= 0.6 is 0 Å². The van der Waals surface area contributed by atoms with Crippen molar-refractivity contribution in [3.8, 4) is 0 Å². The van der Waals surface area contributed by atoms with Crippen LogP contribution in [0, 0.1) is 0 Å². The van der Waals surface area contributed by atoms with Crippen molar-refractivity contribution in [2.75, 3.05) is 13.2 Å². The minimum atomic E-state index is -1.62. The topological polar surface area (TPSA) is 169 Å². The molecule has 312 valence electrons. The molecule has 7 N–H and O–H groups in total. The second-order valence-corrected chi connectivity index (χ2v) is 14.6. The molecule has 0 bridgehead atoms. The number of carbonyl (C=O) groups excluding carboxylic acids is 1. The van der Waals surface area contributed by atoms with E-state index in [1.165, 1.54) is 51.4 Å². The molecule has 1 rings (SSSR count). The molecule has 0 saturated carbocycles. The normalized spacial score (nSPS) is 22.7. The van der Waals surface area contributed by atoms with E-state index >= 15 is 0 Å². The van der Waals surface area contributed by atoms with E-state index in [0.717, 1.165) is 64.2 Å². The summed E-state index contributed by atoms with van der Waals surface area (Å²) < 4.78 is 11.1. The van der Waals surface area contributed by atoms with Gasteiger partial charge in [0.15, 0.2) is 6.29 Å². The van der Waals surface area contributed by atoms with Crippen molar-refractivity contribution in [2.24, 2.45) is 0 Å². The summed E-state index contributed by atoms with van der Waals surface area (Å²) in [6, 6.07) is -1.01. The van der Waals surface area contributed by atoms with Crippen molar-refractivity contribution in [1.29, 1.82) is 0 Å². The fraction of sp³-hybridized carbons (Fsp3) is 0.750. The van der Waals surface area contributed by atoms with E-state index in [1.807, 2.05) is 6.08 Å². The lowest BCUT2D eigenvalue weighted by Gasteiger charge is -2.40. The minimum absolute atomic E-state index is 0.280. The lowest BCUT2D eigenvalue weighted by molar-refractivity contribution is -0.302. The van der Waals surface area contributed by atoms with Crippen molar-refractivity contribution < 1.29 is 44.9 Å². The second-order valence-electron chi connectivity index (χ2n) is 14.6. The van der Waals surface area contributed by atoms with Crippen LogP contribution in [0.2, 0.25) is 0 Å². The Hall–Kier alpha value is -2.15. The van der Waals surface area contributed by atoms with Crippen molar-refractivity contribution in [3.05, 3.63) is 60.8 Å². The van der Waals surface area contributed by atoms with Gasteiger partial charge in [0.1, 0.15) is 30.5 Å². The summed E-state index contributed by atoms with van der Waals surface area (Å²) in [6.45, 7) is 3.50. The van der Waals surface area contributed by atoms with Gasteiger partial charge in [-0.2, -0.15) is 0 Å². The Bertz CT molecular complexity index is 1040. The molecule has 0 aromatic rings. The minimum Gasteiger partial charge on any atom is -0.394 e. The standard InChI is InChI=1S/C44H77NO9/c1-3-5-7-9-11-13-15-17-19-21-22-24-26-28-30-32-37(47)36(35-53-44-42(51)41(50)40(49)39(34-46)54-44)45-43(52)38(48)33-31-29-27-25-23-20-18-16-14-12-10-8-6-4-2/h12,14-18,22,24,30,32,36-42,44,46-51H,3-11,13,19-21,23,25-29,31,33-35H2,1-2H3,(H,45,52)/b14-12-,17-15+,18-16-,24-22+,32-30+. The fourth-order valence-electron chi connectivity index (χ4n) is 6.12. The van der Waals surface area contributed by atoms with Crippen LogP contribution in [0.1, 0.15) is 149 Å². The van der Waals surface area contributed by atoms with Gasteiger partial charge >= 0.3 is 0 Å². The molecule has 0 aromatic carbocycles. The molecule has 1 aliphatic heterocycles. The molecule has 0 radical (unpaired) electrons. The summed E-state index contributed by atoms with van der Waals surface area (Å²) in [5, 5.41) is 64.4. The smallest absolute Gasteiger partial charge is 0.249 e. The van der Waals surface area contributed by atoms with E-state index in [2.05, 4.69) is 67.8 Å². The maximum Gasteiger partial charge on any atom is 0.249 e. The van der Waals surface area contributed by atoms with Gasteiger partial charge in [0.25, 0.3) is 0 Å². The van der Waals surface area contributed by atoms with Gasteiger partial charge in [-0.25, -0.2) is 0 Å². The van der Waals surface area contributed by atoms with Gasteiger partial charge in [0.2, 0.25) is 5.91 Å². The van der Waals surface area contributed by atoms with Crippen LogP contribution in [-0.4, -0.2) is 98.7 Å². The van der Waals surface area contributed by atoms with Crippen LogP contribution in [0.25, 0.3) is 0 Å². The number of ether oxygens (including phenoxy) is 2. The highest BCUT2D eigenvalue weighted by Crippen LogP contribution is 2.22. The van der Waals surface area contributed by atoms with Crippen LogP contribution < -0.4 is 5.32 Å². The van der Waals surface area contributed by atoms with Crippen molar-refractivity contribution in [3.63, 3.8) is 0 Å². The Kier molecular flexibility index (Phi) is 31.5. The monoisotopic (exact) mass is 764 g/mol. The fourth-order valence-corrected chi connectivity index (χ4v) is 6.12. The van der Waals surface area contributed by atoms with E-state index in [4.69, 9.17) is 9.47 Å². The third-order valence-corrected chi connectivity index (χ3v) is 9.68. The van der Waals surface area contributed by atoms with E-state index in [-0.39, 0.29) is 13.0 Å². The van der Waals surface area contributed by atoms with Crippen LogP contribution in [0.3, 0.4) is 0 Å². The number of hydrogen-bond donors (Lipinski definition) is 7. The Morgan fingerprint density at radius 2 is 1.15 bits per heavy atom. The van der Waals surface area contributed by atoms with Gasteiger partial charge in [-0.1, -0.05) is 139 Å². The SMILES string of the molecule is CCCCC/C=C\C=C/CCCCCCCC(O)C(=O)NC(COC1OC(CO)C(O)C(O)C1O)C(O)/C=C/CC/C=C/CC/C=C/CCCCCCC. The van der Waals surface area contributed by atoms with E-state index in [1.54, 1.807) is 6.08 Å². The number of amides is 1. The predicted molar refractivity (Wildman–Crippen MR) is 218 cm³/mol. The number of hydrogen-bond acceptors (Lipinski definition) is 9. The molecule has 0 aliphatic carbocycles. The number of nitrogens with one attached hydrogen (secondary N) is 1. The van der Waals surface area contributed by atoms with Crippen molar-refractivity contribution >= 4 is 5.91 Å². The Morgan fingerprint density at radius 3 is 1.76 bits per heavy atom. The molecule has 0 aromatic heterocycles. The summed E-state index contributed by atoms with van der Waals surface area (Å²) in [5.74, 6) is -0.647. The largest absolute Gasteiger partial charge is 0.394 e. The molecular weight excluding hydrogens is 686 g/mol. The number of aliphatic hydroxyl groups excluding tert-OH is 6. The van der Waals surface area contributed by atoms with Crippen LogP contribution in [0.5, 0.6) is 0 Å². The molecule has 1 fully saturated rings. The second kappa shape index (κ2) is 34.1. The highest BCUT2D eigenvalue weighted by Gasteiger charge is 2.44. The lowest BCUT2D eigenvalue weighted by atomic mass is 9.99. The molecular formula is C44H77NO9. The number of rotatable bonds is 33. The quantitative estimate of drug-likeness (QED) is 0.0211. The van der Waals surface area contributed by atoms with Gasteiger partial charge < -0.3 is 45.4 Å². The number of allylic oxidation sites excluding steroid dienone is 9. The lowest BCUT2D eigenvalue weighted by Crippen LogP contribution is -2.60. The summed E-state index contributed by atoms with van der Waals surface area (Å²) in [7, 11) is 0. The number of aliphatic hydroxyl groups is 6. The van der Waals surface area contributed by atoms with Crippen molar-refractivity contribution in [1.82, 2.24) is 5.32 Å². The van der Waals surface area contributed by atoms with Crippen LogP contribution in [0.4, 0.5) is 0 Å².